The fourth-order valence-corrected chi connectivity index (χ4v) is 3.14. The Bertz CT molecular complexity index is 706. The highest BCUT2D eigenvalue weighted by Gasteiger charge is 2.40. The summed E-state index contributed by atoms with van der Waals surface area (Å²) in [5, 5.41) is -1.42. The zero-order valence-electron chi connectivity index (χ0n) is 10.9. The number of carbonyl (C=O) groups is 2. The van der Waals surface area contributed by atoms with Crippen molar-refractivity contribution in [3.8, 4) is 0 Å². The van der Waals surface area contributed by atoms with Crippen molar-refractivity contribution < 1.29 is 26.6 Å². The Hall–Kier alpha value is -1.48. The molecule has 1 amide bonds. The van der Waals surface area contributed by atoms with Crippen LogP contribution in [0.25, 0.3) is 0 Å². The van der Waals surface area contributed by atoms with Gasteiger partial charge in [0.25, 0.3) is 0 Å². The molecule has 1 saturated heterocycles. The van der Waals surface area contributed by atoms with E-state index in [9.17, 15) is 21.9 Å². The lowest BCUT2D eigenvalue weighted by atomic mass is 10.1. The Morgan fingerprint density at radius 2 is 2.14 bits per heavy atom. The second-order valence-corrected chi connectivity index (χ2v) is 6.99. The Morgan fingerprint density at radius 1 is 1.48 bits per heavy atom. The molecule has 2 rings (SSSR count). The lowest BCUT2D eigenvalue weighted by Gasteiger charge is -2.19. The third-order valence-corrected chi connectivity index (χ3v) is 4.75. The molecule has 0 N–H and O–H groups in total. The Morgan fingerprint density at radius 3 is 2.67 bits per heavy atom. The number of anilines is 1. The summed E-state index contributed by atoms with van der Waals surface area (Å²) in [6.45, 7) is -0.330. The van der Waals surface area contributed by atoms with E-state index in [1.165, 1.54) is 19.2 Å². The highest BCUT2D eigenvalue weighted by atomic mass is 79.9. The number of esters is 1. The molecule has 0 bridgehead atoms. The van der Waals surface area contributed by atoms with Gasteiger partial charge >= 0.3 is 16.2 Å². The molecule has 1 aliphatic rings. The van der Waals surface area contributed by atoms with Crippen LogP contribution in [0.3, 0.4) is 0 Å². The third-order valence-electron chi connectivity index (χ3n) is 3.14. The zero-order valence-corrected chi connectivity index (χ0v) is 13.3. The molecule has 1 heterocycles. The molecule has 114 valence electrons. The summed E-state index contributed by atoms with van der Waals surface area (Å²) in [4.78, 5) is 24.7. The Labute approximate surface area is 129 Å². The summed E-state index contributed by atoms with van der Waals surface area (Å²) in [6, 6.07) is 4.51. The van der Waals surface area contributed by atoms with E-state index in [-0.39, 0.29) is 17.8 Å². The molecular formula is C12H11BrFNO5S. The van der Waals surface area contributed by atoms with Crippen molar-refractivity contribution in [1.82, 2.24) is 0 Å². The van der Waals surface area contributed by atoms with Crippen LogP contribution in [0.2, 0.25) is 0 Å². The summed E-state index contributed by atoms with van der Waals surface area (Å²) >= 11 is 3.19. The summed E-state index contributed by atoms with van der Waals surface area (Å²) < 4.78 is 40.1. The van der Waals surface area contributed by atoms with Crippen molar-refractivity contribution in [2.45, 2.75) is 11.7 Å². The molecule has 0 saturated carbocycles. The molecule has 1 atom stereocenters. The van der Waals surface area contributed by atoms with Crippen LogP contribution in [-0.2, 0) is 19.8 Å². The molecule has 21 heavy (non-hydrogen) atoms. The first kappa shape index (κ1) is 15.9. The molecule has 6 nitrogen and oxygen atoms in total. The first-order valence-corrected chi connectivity index (χ1v) is 8.09. The lowest BCUT2D eigenvalue weighted by molar-refractivity contribution is -0.117. The zero-order chi connectivity index (χ0) is 15.8. The largest absolute Gasteiger partial charge is 0.465 e. The molecule has 1 aromatic carbocycles. The minimum Gasteiger partial charge on any atom is -0.465 e. The second kappa shape index (κ2) is 5.72. The van der Waals surface area contributed by atoms with E-state index >= 15 is 0 Å². The molecule has 0 radical (unpaired) electrons. The van der Waals surface area contributed by atoms with E-state index in [2.05, 4.69) is 20.7 Å². The maximum absolute atomic E-state index is 13.0. The van der Waals surface area contributed by atoms with Crippen LogP contribution in [-0.4, -0.2) is 39.2 Å². The fourth-order valence-electron chi connectivity index (χ4n) is 2.11. The average molecular weight is 380 g/mol. The van der Waals surface area contributed by atoms with Gasteiger partial charge in [-0.2, -0.15) is 8.42 Å². The molecular weight excluding hydrogens is 369 g/mol. The van der Waals surface area contributed by atoms with Gasteiger partial charge in [0.15, 0.2) is 0 Å². The quantitative estimate of drug-likeness (QED) is 0.588. The summed E-state index contributed by atoms with van der Waals surface area (Å²) in [5.74, 6) is -1.24. The molecule has 9 heteroatoms. The smallest absolute Gasteiger partial charge is 0.340 e. The van der Waals surface area contributed by atoms with Gasteiger partial charge in [-0.3, -0.25) is 4.79 Å². The van der Waals surface area contributed by atoms with Gasteiger partial charge < -0.3 is 9.64 Å². The number of carbonyl (C=O) groups excluding carboxylic acids is 2. The summed E-state index contributed by atoms with van der Waals surface area (Å²) in [6.07, 6.45) is -0.449. The predicted molar refractivity (Wildman–Crippen MR) is 76.3 cm³/mol. The first-order valence-electron chi connectivity index (χ1n) is 5.85. The molecule has 1 aliphatic heterocycles. The van der Waals surface area contributed by atoms with Crippen LogP contribution < -0.4 is 4.90 Å². The Kier molecular flexibility index (Phi) is 4.33. The predicted octanol–water partition coefficient (Wildman–Crippen LogP) is 1.64. The normalized spacial score (nSPS) is 18.9. The van der Waals surface area contributed by atoms with Crippen LogP contribution in [0.1, 0.15) is 16.8 Å². The maximum atomic E-state index is 13.0. The van der Waals surface area contributed by atoms with E-state index in [0.29, 0.717) is 4.47 Å². The number of hydrogen-bond acceptors (Lipinski definition) is 5. The van der Waals surface area contributed by atoms with Gasteiger partial charge in [0, 0.05) is 17.4 Å². The van der Waals surface area contributed by atoms with Gasteiger partial charge in [-0.25, -0.2) is 4.79 Å². The number of amides is 1. The highest BCUT2D eigenvalue weighted by Crippen LogP contribution is 2.31. The summed E-state index contributed by atoms with van der Waals surface area (Å²) in [7, 11) is -3.62. The second-order valence-electron chi connectivity index (χ2n) is 4.46. The van der Waals surface area contributed by atoms with E-state index < -0.39 is 33.8 Å². The number of halogens is 2. The van der Waals surface area contributed by atoms with Gasteiger partial charge in [0.2, 0.25) is 5.91 Å². The van der Waals surface area contributed by atoms with Crippen molar-refractivity contribution >= 4 is 43.7 Å². The Balaban J connectivity index is 2.43. The van der Waals surface area contributed by atoms with E-state index in [1.54, 1.807) is 6.07 Å². The number of ether oxygens (including phenoxy) is 1. The van der Waals surface area contributed by atoms with Crippen LogP contribution in [0.15, 0.2) is 22.7 Å². The standard InChI is InChI=1S/C12H11BrFNO5S/c1-20-12(17)9-4-7(13)2-3-10(9)15-6-8(5-11(15)16)21(14,18)19/h2-4,8H,5-6H2,1H3. The van der Waals surface area contributed by atoms with Crippen molar-refractivity contribution in [1.29, 1.82) is 0 Å². The molecule has 0 aliphatic carbocycles. The molecule has 1 aromatic rings. The third kappa shape index (κ3) is 3.24. The number of benzene rings is 1. The number of nitrogens with zero attached hydrogens (tertiary/aromatic N) is 1. The van der Waals surface area contributed by atoms with Crippen molar-refractivity contribution in [3.63, 3.8) is 0 Å². The van der Waals surface area contributed by atoms with Gasteiger partial charge in [0.1, 0.15) is 5.25 Å². The monoisotopic (exact) mass is 379 g/mol. The van der Waals surface area contributed by atoms with Gasteiger partial charge in [-0.15, -0.1) is 3.89 Å². The van der Waals surface area contributed by atoms with Crippen molar-refractivity contribution in [2.24, 2.45) is 0 Å². The van der Waals surface area contributed by atoms with Crippen molar-refractivity contribution in [2.75, 3.05) is 18.6 Å². The van der Waals surface area contributed by atoms with E-state index in [1.807, 2.05) is 0 Å². The van der Waals surface area contributed by atoms with Crippen LogP contribution in [0, 0.1) is 0 Å². The van der Waals surface area contributed by atoms with Crippen molar-refractivity contribution in [3.05, 3.63) is 28.2 Å². The topological polar surface area (TPSA) is 80.8 Å². The average Bonchev–Trinajstić information content (AvgIpc) is 2.80. The number of hydrogen-bond donors (Lipinski definition) is 0. The van der Waals surface area contributed by atoms with E-state index in [0.717, 1.165) is 4.90 Å². The fraction of sp³-hybridized carbons (Fsp3) is 0.333. The lowest BCUT2D eigenvalue weighted by Crippen LogP contribution is -2.28. The van der Waals surface area contributed by atoms with E-state index in [4.69, 9.17) is 0 Å². The summed E-state index contributed by atoms with van der Waals surface area (Å²) in [5.41, 5.74) is 0.290. The SMILES string of the molecule is COC(=O)c1cc(Br)ccc1N1CC(S(=O)(=O)F)CC1=O. The molecule has 1 unspecified atom stereocenters. The van der Waals surface area contributed by atoms with Gasteiger partial charge in [-0.1, -0.05) is 15.9 Å². The number of methoxy groups -OCH3 is 1. The minimum atomic E-state index is -4.81. The molecule has 0 aromatic heterocycles. The molecule has 1 fully saturated rings. The van der Waals surface area contributed by atoms with Gasteiger partial charge in [0.05, 0.1) is 18.4 Å². The maximum Gasteiger partial charge on any atom is 0.340 e. The minimum absolute atomic E-state index is 0.0946. The van der Waals surface area contributed by atoms with Crippen LogP contribution in [0.4, 0.5) is 9.57 Å². The first-order chi connectivity index (χ1) is 9.74. The van der Waals surface area contributed by atoms with Gasteiger partial charge in [-0.05, 0) is 18.2 Å². The van der Waals surface area contributed by atoms with Crippen LogP contribution >= 0.6 is 15.9 Å². The van der Waals surface area contributed by atoms with Crippen LogP contribution in [0.5, 0.6) is 0 Å². The highest BCUT2D eigenvalue weighted by molar-refractivity contribution is 9.10. The molecule has 0 spiro atoms. The number of rotatable bonds is 3.